The summed E-state index contributed by atoms with van der Waals surface area (Å²) >= 11 is 0. The minimum atomic E-state index is -2.52. The van der Waals surface area contributed by atoms with Gasteiger partial charge in [0.15, 0.2) is 41.7 Å². The molecule has 13 atom stereocenters. The molecular weight excluding hydrogens is 608 g/mol. The number of hydrogen-bond acceptors (Lipinski definition) is 16. The van der Waals surface area contributed by atoms with E-state index in [0.29, 0.717) is 31.4 Å². The van der Waals surface area contributed by atoms with Crippen LogP contribution in [0.4, 0.5) is 0 Å². The number of phenolic OH excluding ortho intramolecular Hbond substituents is 1. The van der Waals surface area contributed by atoms with Crippen LogP contribution in [0.2, 0.25) is 0 Å². The number of aromatic hydroxyl groups is 1. The fourth-order valence-electron chi connectivity index (χ4n) is 10.0. The number of aliphatic hydroxyl groups is 7. The number of carbonyl (C=O) groups excluding carboxylic acids is 1. The van der Waals surface area contributed by atoms with Gasteiger partial charge in [-0.15, -0.1) is 6.58 Å². The van der Waals surface area contributed by atoms with Crippen molar-refractivity contribution in [1.82, 2.24) is 10.2 Å². The Labute approximate surface area is 262 Å². The second-order valence-electron chi connectivity index (χ2n) is 13.8. The van der Waals surface area contributed by atoms with Gasteiger partial charge in [-0.1, -0.05) is 12.1 Å². The van der Waals surface area contributed by atoms with Gasteiger partial charge in [-0.2, -0.15) is 0 Å². The summed E-state index contributed by atoms with van der Waals surface area (Å²) in [7, 11) is 0. The molecule has 6 aliphatic heterocycles. The number of aliphatic hydroxyl groups excluding tert-OH is 4. The van der Waals surface area contributed by atoms with E-state index in [0.717, 1.165) is 24.2 Å². The van der Waals surface area contributed by atoms with Crippen LogP contribution in [0.25, 0.3) is 0 Å². The van der Waals surface area contributed by atoms with Gasteiger partial charge in [0, 0.05) is 31.1 Å². The first-order valence-electron chi connectivity index (χ1n) is 15.4. The van der Waals surface area contributed by atoms with Crippen LogP contribution in [0.3, 0.4) is 0 Å². The van der Waals surface area contributed by atoms with Crippen molar-refractivity contribution in [2.75, 3.05) is 19.7 Å². The Balaban J connectivity index is 0.000000136. The van der Waals surface area contributed by atoms with E-state index in [4.69, 9.17) is 19.9 Å². The molecule has 11 N–H and O–H groups in total. The van der Waals surface area contributed by atoms with Crippen LogP contribution in [-0.2, 0) is 26.1 Å². The smallest absolute Gasteiger partial charge is 0.311 e. The molecule has 0 aromatic heterocycles. The third kappa shape index (κ3) is 3.27. The zero-order chi connectivity index (χ0) is 32.8. The lowest BCUT2D eigenvalue weighted by Gasteiger charge is -2.71. The summed E-state index contributed by atoms with van der Waals surface area (Å²) in [5.41, 5.74) is 1.99. The number of carbonyl (C=O) groups is 1. The van der Waals surface area contributed by atoms with Crippen LogP contribution in [-0.4, -0.2) is 143 Å². The topological polar surface area (TPSA) is 260 Å². The van der Waals surface area contributed by atoms with Crippen molar-refractivity contribution in [3.8, 4) is 11.5 Å². The lowest BCUT2D eigenvalue weighted by atomic mass is 9.49. The van der Waals surface area contributed by atoms with Crippen LogP contribution in [0.15, 0.2) is 29.8 Å². The van der Waals surface area contributed by atoms with Crippen molar-refractivity contribution >= 4 is 11.7 Å². The molecule has 16 heteroatoms. The highest BCUT2D eigenvalue weighted by Gasteiger charge is 2.83. The molecule has 1 aromatic rings. The van der Waals surface area contributed by atoms with E-state index in [1.54, 1.807) is 6.07 Å². The number of aliphatic imine (C=N–C) groups is 1. The Hall–Kier alpha value is -2.90. The number of Topliss-reactive ketones (excluding diaryl/α,β-unsaturated/α-hetero) is 1. The number of benzene rings is 1. The molecule has 1 aromatic carbocycles. The SMILES string of the molecule is C=CCN1CC[C@]23c4c5ccc(O)c4O[C@H]2C(=O)CC[C@@]3(O)[C@H]1C5.NC1=N[C@H](O)[C@H]2[C@H]3O[C@]4(O)O[C@@H]([C@@H](O)[C@@]2(N1)[C@@H]4O)[C@]3(O)CO. The summed E-state index contributed by atoms with van der Waals surface area (Å²) in [5.74, 6) is -3.42. The number of phenols is 1. The number of hydrogen-bond donors (Lipinski definition) is 10. The van der Waals surface area contributed by atoms with E-state index >= 15 is 0 Å². The summed E-state index contributed by atoms with van der Waals surface area (Å²) < 4.78 is 16.3. The second kappa shape index (κ2) is 9.37. The molecule has 0 radical (unpaired) electrons. The van der Waals surface area contributed by atoms with Crippen molar-refractivity contribution in [1.29, 1.82) is 0 Å². The molecule has 4 saturated heterocycles. The van der Waals surface area contributed by atoms with Gasteiger partial charge in [0.2, 0.25) is 0 Å². The lowest BCUT2D eigenvalue weighted by Crippen LogP contribution is -2.95. The third-order valence-corrected chi connectivity index (χ3v) is 12.0. The fraction of sp³-hybridized carbons (Fsp3) is 0.667. The molecule has 250 valence electrons. The van der Waals surface area contributed by atoms with Crippen molar-refractivity contribution in [3.63, 3.8) is 0 Å². The highest BCUT2D eigenvalue weighted by molar-refractivity contribution is 5.90. The van der Waals surface area contributed by atoms with Crippen LogP contribution >= 0.6 is 0 Å². The number of nitrogens with two attached hydrogens (primary N) is 1. The van der Waals surface area contributed by atoms with Gasteiger partial charge in [-0.3, -0.25) is 9.69 Å². The van der Waals surface area contributed by atoms with Gasteiger partial charge in [0.05, 0.1) is 23.5 Å². The number of nitrogens with one attached hydrogen (secondary N) is 1. The quantitative estimate of drug-likeness (QED) is 0.140. The minimum Gasteiger partial charge on any atom is -0.504 e. The molecule has 3 aliphatic carbocycles. The number of ketones is 1. The molecule has 6 heterocycles. The fourth-order valence-corrected chi connectivity index (χ4v) is 10.0. The predicted octanol–water partition coefficient (Wildman–Crippen LogP) is -4.22. The molecule has 10 rings (SSSR count). The van der Waals surface area contributed by atoms with Gasteiger partial charge in [-0.25, -0.2) is 4.99 Å². The second-order valence-corrected chi connectivity index (χ2v) is 13.8. The Kier molecular flexibility index (Phi) is 6.20. The van der Waals surface area contributed by atoms with Crippen LogP contribution in [0, 0.1) is 5.92 Å². The number of piperidine rings is 1. The van der Waals surface area contributed by atoms with Crippen molar-refractivity contribution in [2.24, 2.45) is 16.6 Å². The first-order valence-corrected chi connectivity index (χ1v) is 15.4. The lowest BCUT2D eigenvalue weighted by molar-refractivity contribution is -0.548. The predicted molar refractivity (Wildman–Crippen MR) is 153 cm³/mol. The van der Waals surface area contributed by atoms with E-state index in [-0.39, 0.29) is 23.5 Å². The normalized spacial score (nSPS) is 50.3. The molecule has 46 heavy (non-hydrogen) atoms. The maximum absolute atomic E-state index is 12.6. The molecule has 2 saturated carbocycles. The van der Waals surface area contributed by atoms with Crippen LogP contribution < -0.4 is 15.8 Å². The molecule has 2 spiro atoms. The summed E-state index contributed by atoms with van der Waals surface area (Å²) in [6, 6.07) is 3.52. The van der Waals surface area contributed by atoms with Crippen LogP contribution in [0.1, 0.15) is 30.4 Å². The van der Waals surface area contributed by atoms with E-state index in [2.05, 4.69) is 21.8 Å². The monoisotopic (exact) mass is 646 g/mol. The number of rotatable bonds is 3. The van der Waals surface area contributed by atoms with Crippen molar-refractivity contribution in [2.45, 2.75) is 96.6 Å². The van der Waals surface area contributed by atoms with Gasteiger partial charge in [-0.05, 0) is 30.9 Å². The molecule has 0 amide bonds. The number of nitrogens with zero attached hydrogens (tertiary/aromatic N) is 2. The minimum absolute atomic E-state index is 0.0408. The highest BCUT2D eigenvalue weighted by Crippen LogP contribution is 2.65. The highest BCUT2D eigenvalue weighted by atomic mass is 16.9. The van der Waals surface area contributed by atoms with Crippen molar-refractivity contribution in [3.05, 3.63) is 35.9 Å². The Morgan fingerprint density at radius 1 is 1.15 bits per heavy atom. The number of guanidine groups is 1. The molecule has 0 unspecified atom stereocenters. The van der Waals surface area contributed by atoms with Gasteiger partial charge in [0.25, 0.3) is 0 Å². The van der Waals surface area contributed by atoms with E-state index in [1.807, 2.05) is 12.1 Å². The molecule has 16 nitrogen and oxygen atoms in total. The standard InChI is InChI=1S/C19H21NO4.C11H17N3O8/c1-2-8-20-9-7-18-15-11-3-4-12(21)16(15)24-17(18)13(22)5-6-19(18,23)14(20)10-11;12-8-13-6(17)2-4-9(19,1-15)5-3(16)10(2,14-8)7(18)11(20,21-4)22-5/h2-4,14,17,21,23H,1,5-10H2;2-7,15-20H,1H2,(H3,12,13,14)/t14-,17+,18+,19-;2-,3-,4-,5+,6-,7+,9+,10-,11+/m11/s1. The van der Waals surface area contributed by atoms with Gasteiger partial charge >= 0.3 is 5.97 Å². The Morgan fingerprint density at radius 3 is 2.61 bits per heavy atom. The first-order chi connectivity index (χ1) is 21.7. The molecular formula is C30H38N4O12. The zero-order valence-corrected chi connectivity index (χ0v) is 24.7. The first kappa shape index (κ1) is 30.4. The average Bonchev–Trinajstić information content (AvgIpc) is 3.37. The van der Waals surface area contributed by atoms with E-state index in [1.165, 1.54) is 0 Å². The van der Waals surface area contributed by atoms with E-state index < -0.39 is 77.4 Å². The van der Waals surface area contributed by atoms with Crippen molar-refractivity contribution < 1.29 is 59.9 Å². The maximum atomic E-state index is 12.6. The van der Waals surface area contributed by atoms with E-state index in [9.17, 15) is 45.6 Å². The largest absolute Gasteiger partial charge is 0.504 e. The summed E-state index contributed by atoms with van der Waals surface area (Å²) in [6.45, 7) is 4.50. The Morgan fingerprint density at radius 2 is 1.89 bits per heavy atom. The summed E-state index contributed by atoms with van der Waals surface area (Å²) in [6.07, 6.45) is -4.43. The zero-order valence-electron chi connectivity index (χ0n) is 24.7. The molecule has 6 fully saturated rings. The Bertz CT molecular complexity index is 1560. The number of ether oxygens (including phenoxy) is 3. The van der Waals surface area contributed by atoms with Crippen LogP contribution in [0.5, 0.6) is 11.5 Å². The summed E-state index contributed by atoms with van der Waals surface area (Å²) in [5, 5.41) is 86.4. The number of likely N-dealkylation sites (tertiary alicyclic amines) is 1. The summed E-state index contributed by atoms with van der Waals surface area (Å²) in [4.78, 5) is 18.6. The molecule has 9 aliphatic rings. The van der Waals surface area contributed by atoms with Gasteiger partial charge in [0.1, 0.15) is 29.5 Å². The average molecular weight is 647 g/mol. The van der Waals surface area contributed by atoms with Gasteiger partial charge < -0.3 is 66.1 Å². The molecule has 6 bridgehead atoms. The maximum Gasteiger partial charge on any atom is 0.311 e. The third-order valence-electron chi connectivity index (χ3n) is 12.0.